The van der Waals surface area contributed by atoms with Crippen molar-refractivity contribution >= 4 is 23.9 Å². The minimum absolute atomic E-state index is 0.0322. The number of esters is 1. The first-order valence-electron chi connectivity index (χ1n) is 7.41. The lowest BCUT2D eigenvalue weighted by Gasteiger charge is -2.11. The number of alkyl halides is 7. The first-order chi connectivity index (χ1) is 12.9. The number of halogens is 7. The van der Waals surface area contributed by atoms with Gasteiger partial charge in [-0.1, -0.05) is 24.3 Å². The molecule has 0 aliphatic carbocycles. The van der Waals surface area contributed by atoms with Crippen LogP contribution in [0.25, 0.3) is 0 Å². The molecule has 0 saturated heterocycles. The number of rotatable bonds is 3. The molecule has 28 heavy (non-hydrogen) atoms. The van der Waals surface area contributed by atoms with Crippen LogP contribution in [-0.4, -0.2) is 19.4 Å². The van der Waals surface area contributed by atoms with Crippen LogP contribution in [0.2, 0.25) is 0 Å². The Morgan fingerprint density at radius 1 is 0.964 bits per heavy atom. The minimum Gasteiger partial charge on any atom is -0.468 e. The Kier molecular flexibility index (Phi) is 8.04. The van der Waals surface area contributed by atoms with E-state index in [1.165, 1.54) is 24.3 Å². The van der Waals surface area contributed by atoms with Crippen molar-refractivity contribution in [3.8, 4) is 0 Å². The van der Waals surface area contributed by atoms with Crippen molar-refractivity contribution < 1.29 is 40.7 Å². The number of carbonyl (C=O) groups excluding carboxylic acids is 2. The van der Waals surface area contributed by atoms with E-state index in [-0.39, 0.29) is 11.1 Å². The van der Waals surface area contributed by atoms with E-state index in [1.54, 1.807) is 0 Å². The Hall–Kier alpha value is -2.55. The molecular formula is C18H13ClF6O3. The summed E-state index contributed by atoms with van der Waals surface area (Å²) in [6.45, 7) is 0. The van der Waals surface area contributed by atoms with E-state index in [4.69, 9.17) is 11.6 Å². The van der Waals surface area contributed by atoms with E-state index in [2.05, 4.69) is 4.74 Å². The largest absolute Gasteiger partial charge is 0.468 e. The summed E-state index contributed by atoms with van der Waals surface area (Å²) >= 11 is 5.64. The van der Waals surface area contributed by atoms with Crippen LogP contribution in [0.1, 0.15) is 32.4 Å². The molecule has 0 radical (unpaired) electrons. The van der Waals surface area contributed by atoms with Crippen LogP contribution in [0.3, 0.4) is 0 Å². The summed E-state index contributed by atoms with van der Waals surface area (Å²) in [6.07, 6.45) is -8.45. The molecule has 2 aromatic rings. The van der Waals surface area contributed by atoms with Gasteiger partial charge in [-0.2, -0.15) is 26.3 Å². The SMILES string of the molecule is COC(=O)C(Cl)c1cccc(C(F)(F)F)c1.O=Cc1cccc(C(F)(F)F)c1. The summed E-state index contributed by atoms with van der Waals surface area (Å²) in [6, 6.07) is 8.52. The smallest absolute Gasteiger partial charge is 0.416 e. The highest BCUT2D eigenvalue weighted by Gasteiger charge is 2.32. The van der Waals surface area contributed by atoms with Gasteiger partial charge in [0.05, 0.1) is 18.2 Å². The van der Waals surface area contributed by atoms with Crippen LogP contribution in [0.5, 0.6) is 0 Å². The quantitative estimate of drug-likeness (QED) is 0.275. The molecule has 1 unspecified atom stereocenters. The summed E-state index contributed by atoms with van der Waals surface area (Å²) in [5.41, 5.74) is -1.56. The van der Waals surface area contributed by atoms with Crippen molar-refractivity contribution in [3.63, 3.8) is 0 Å². The van der Waals surface area contributed by atoms with Gasteiger partial charge in [0.15, 0.2) is 5.38 Å². The number of hydrogen-bond acceptors (Lipinski definition) is 3. The lowest BCUT2D eigenvalue weighted by Crippen LogP contribution is -2.11. The molecule has 0 heterocycles. The van der Waals surface area contributed by atoms with E-state index in [0.717, 1.165) is 31.4 Å². The average Bonchev–Trinajstić information content (AvgIpc) is 2.66. The first-order valence-corrected chi connectivity index (χ1v) is 7.85. The average molecular weight is 427 g/mol. The van der Waals surface area contributed by atoms with Crippen molar-refractivity contribution in [2.75, 3.05) is 7.11 Å². The number of ether oxygens (including phenoxy) is 1. The van der Waals surface area contributed by atoms with Gasteiger partial charge in [-0.05, 0) is 29.8 Å². The zero-order valence-electron chi connectivity index (χ0n) is 14.1. The van der Waals surface area contributed by atoms with Crippen LogP contribution >= 0.6 is 11.6 Å². The maximum absolute atomic E-state index is 12.4. The third kappa shape index (κ3) is 6.88. The van der Waals surface area contributed by atoms with Crippen LogP contribution in [0.4, 0.5) is 26.3 Å². The Labute approximate surface area is 160 Å². The van der Waals surface area contributed by atoms with E-state index in [0.29, 0.717) is 6.29 Å². The third-order valence-corrected chi connectivity index (χ3v) is 3.69. The molecule has 0 amide bonds. The fourth-order valence-electron chi connectivity index (χ4n) is 1.90. The summed E-state index contributed by atoms with van der Waals surface area (Å²) in [5.74, 6) is -0.791. The summed E-state index contributed by atoms with van der Waals surface area (Å²) in [7, 11) is 1.12. The van der Waals surface area contributed by atoms with Gasteiger partial charge in [0, 0.05) is 5.56 Å². The molecule has 2 aromatic carbocycles. The molecule has 3 nitrogen and oxygen atoms in total. The molecule has 0 bridgehead atoms. The lowest BCUT2D eigenvalue weighted by molar-refractivity contribution is -0.141. The minimum atomic E-state index is -4.46. The number of carbonyl (C=O) groups is 2. The van der Waals surface area contributed by atoms with Crippen molar-refractivity contribution in [1.29, 1.82) is 0 Å². The molecule has 0 aliphatic heterocycles. The normalized spacial score (nSPS) is 12.4. The highest BCUT2D eigenvalue weighted by Crippen LogP contribution is 2.32. The Morgan fingerprint density at radius 3 is 1.93 bits per heavy atom. The second-order valence-electron chi connectivity index (χ2n) is 5.25. The second kappa shape index (κ2) is 9.59. The molecule has 0 aromatic heterocycles. The molecule has 10 heteroatoms. The topological polar surface area (TPSA) is 43.4 Å². The zero-order valence-corrected chi connectivity index (χ0v) is 14.9. The van der Waals surface area contributed by atoms with Crippen LogP contribution in [0, 0.1) is 0 Å². The fraction of sp³-hybridized carbons (Fsp3) is 0.222. The number of aldehydes is 1. The Bertz CT molecular complexity index is 817. The molecule has 152 valence electrons. The van der Waals surface area contributed by atoms with E-state index in [1.807, 2.05) is 0 Å². The van der Waals surface area contributed by atoms with Crippen molar-refractivity contribution in [1.82, 2.24) is 0 Å². The van der Waals surface area contributed by atoms with Crippen molar-refractivity contribution in [2.24, 2.45) is 0 Å². The molecule has 0 spiro atoms. The molecule has 0 N–H and O–H groups in total. The maximum Gasteiger partial charge on any atom is 0.416 e. The Balaban J connectivity index is 0.000000292. The first kappa shape index (κ1) is 23.5. The second-order valence-corrected chi connectivity index (χ2v) is 5.69. The number of hydrogen-bond donors (Lipinski definition) is 0. The maximum atomic E-state index is 12.4. The standard InChI is InChI=1S/C10H8ClF3O2.C8H5F3O/c1-16-9(15)8(11)6-3-2-4-7(5-6)10(12,13)14;9-8(10,11)7-3-1-2-6(4-7)5-12/h2-5,8H,1H3;1-5H. The van der Waals surface area contributed by atoms with Gasteiger partial charge in [0.25, 0.3) is 0 Å². The van der Waals surface area contributed by atoms with Gasteiger partial charge in [0.1, 0.15) is 6.29 Å². The highest BCUT2D eigenvalue weighted by molar-refractivity contribution is 6.29. The van der Waals surface area contributed by atoms with Gasteiger partial charge in [0.2, 0.25) is 0 Å². The van der Waals surface area contributed by atoms with Crippen LogP contribution < -0.4 is 0 Å². The van der Waals surface area contributed by atoms with Gasteiger partial charge in [-0.3, -0.25) is 9.59 Å². The van der Waals surface area contributed by atoms with E-state index < -0.39 is 34.8 Å². The summed E-state index contributed by atoms with van der Waals surface area (Å²) in [5, 5.41) is -1.23. The van der Waals surface area contributed by atoms with Gasteiger partial charge in [-0.15, -0.1) is 11.6 Å². The monoisotopic (exact) mass is 426 g/mol. The molecule has 0 aliphatic rings. The van der Waals surface area contributed by atoms with Gasteiger partial charge < -0.3 is 4.74 Å². The molecule has 0 fully saturated rings. The zero-order chi connectivity index (χ0) is 21.5. The van der Waals surface area contributed by atoms with E-state index in [9.17, 15) is 35.9 Å². The number of methoxy groups -OCH3 is 1. The lowest BCUT2D eigenvalue weighted by atomic mass is 10.1. The molecular weight excluding hydrogens is 414 g/mol. The van der Waals surface area contributed by atoms with Gasteiger partial charge >= 0.3 is 18.3 Å². The van der Waals surface area contributed by atoms with Crippen LogP contribution in [-0.2, 0) is 21.9 Å². The molecule has 1 atom stereocenters. The summed E-state index contributed by atoms with van der Waals surface area (Å²) < 4.78 is 77.4. The van der Waals surface area contributed by atoms with Crippen molar-refractivity contribution in [3.05, 3.63) is 70.8 Å². The third-order valence-electron chi connectivity index (χ3n) is 3.26. The molecule has 0 saturated carbocycles. The predicted molar refractivity (Wildman–Crippen MR) is 88.9 cm³/mol. The van der Waals surface area contributed by atoms with Crippen LogP contribution in [0.15, 0.2) is 48.5 Å². The fourth-order valence-corrected chi connectivity index (χ4v) is 2.13. The Morgan fingerprint density at radius 2 is 1.46 bits per heavy atom. The predicted octanol–water partition coefficient (Wildman–Crippen LogP) is 5.68. The van der Waals surface area contributed by atoms with Gasteiger partial charge in [-0.25, -0.2) is 0 Å². The van der Waals surface area contributed by atoms with E-state index >= 15 is 0 Å². The highest BCUT2D eigenvalue weighted by atomic mass is 35.5. The molecule has 2 rings (SSSR count). The van der Waals surface area contributed by atoms with Crippen molar-refractivity contribution in [2.45, 2.75) is 17.7 Å². The summed E-state index contributed by atoms with van der Waals surface area (Å²) in [4.78, 5) is 21.2. The number of benzene rings is 2.